The van der Waals surface area contributed by atoms with E-state index in [-0.39, 0.29) is 12.5 Å². The Hall–Kier alpha value is -2.68. The third-order valence-electron chi connectivity index (χ3n) is 3.87. The van der Waals surface area contributed by atoms with Crippen LogP contribution in [0.1, 0.15) is 24.0 Å². The monoisotopic (exact) mass is 337 g/mol. The molecule has 1 amide bonds. The fourth-order valence-electron chi connectivity index (χ4n) is 2.62. The standard InChI is InChI=1S/C20H23N3O2/c21-15-18-9-4-5-10-19(18)22-20(25)11-6-12-23(13-14-24)16-17-7-2-1-3-8-17/h1-5,7-10,24H,6,11-14,16H2,(H,22,25). The maximum atomic E-state index is 12.1. The van der Waals surface area contributed by atoms with E-state index >= 15 is 0 Å². The summed E-state index contributed by atoms with van der Waals surface area (Å²) >= 11 is 0. The number of carbonyl (C=O) groups is 1. The van der Waals surface area contributed by atoms with Crippen LogP contribution in [0, 0.1) is 11.3 Å². The second kappa shape index (κ2) is 10.2. The van der Waals surface area contributed by atoms with Gasteiger partial charge in [-0.2, -0.15) is 5.26 Å². The first-order chi connectivity index (χ1) is 12.2. The number of aliphatic hydroxyl groups excluding tert-OH is 1. The number of nitrogens with zero attached hydrogens (tertiary/aromatic N) is 2. The van der Waals surface area contributed by atoms with Gasteiger partial charge in [0.05, 0.1) is 17.9 Å². The number of para-hydroxylation sites is 1. The predicted octanol–water partition coefficient (Wildman–Crippen LogP) is 2.77. The van der Waals surface area contributed by atoms with Crippen LogP contribution in [-0.4, -0.2) is 35.6 Å². The van der Waals surface area contributed by atoms with Crippen LogP contribution < -0.4 is 5.32 Å². The number of hydrogen-bond acceptors (Lipinski definition) is 4. The molecule has 5 heteroatoms. The normalized spacial score (nSPS) is 10.4. The number of rotatable bonds is 9. The summed E-state index contributed by atoms with van der Waals surface area (Å²) < 4.78 is 0. The molecule has 0 radical (unpaired) electrons. The average molecular weight is 337 g/mol. The summed E-state index contributed by atoms with van der Waals surface area (Å²) in [6, 6.07) is 19.1. The molecule has 5 nitrogen and oxygen atoms in total. The smallest absolute Gasteiger partial charge is 0.224 e. The Kier molecular flexibility index (Phi) is 7.64. The number of benzene rings is 2. The molecule has 0 fully saturated rings. The van der Waals surface area contributed by atoms with Crippen LogP contribution in [0.4, 0.5) is 5.69 Å². The number of nitrogens with one attached hydrogen (secondary N) is 1. The third-order valence-corrected chi connectivity index (χ3v) is 3.87. The molecule has 25 heavy (non-hydrogen) atoms. The van der Waals surface area contributed by atoms with E-state index in [0.717, 1.165) is 13.1 Å². The molecular formula is C20H23N3O2. The summed E-state index contributed by atoms with van der Waals surface area (Å²) in [5.41, 5.74) is 2.19. The molecule has 2 aromatic carbocycles. The molecule has 0 aliphatic rings. The summed E-state index contributed by atoms with van der Waals surface area (Å²) in [4.78, 5) is 14.2. The van der Waals surface area contributed by atoms with E-state index in [0.29, 0.717) is 30.6 Å². The minimum atomic E-state index is -0.105. The van der Waals surface area contributed by atoms with Gasteiger partial charge in [0.15, 0.2) is 0 Å². The predicted molar refractivity (Wildman–Crippen MR) is 97.8 cm³/mol. The van der Waals surface area contributed by atoms with Crippen LogP contribution in [-0.2, 0) is 11.3 Å². The molecule has 0 atom stereocenters. The first kappa shape index (κ1) is 18.7. The Morgan fingerprint density at radius 1 is 1.08 bits per heavy atom. The van der Waals surface area contributed by atoms with E-state index in [1.54, 1.807) is 24.3 Å². The summed E-state index contributed by atoms with van der Waals surface area (Å²) in [7, 11) is 0. The first-order valence-corrected chi connectivity index (χ1v) is 8.39. The second-order valence-electron chi connectivity index (χ2n) is 5.79. The maximum absolute atomic E-state index is 12.1. The van der Waals surface area contributed by atoms with Gasteiger partial charge in [0.1, 0.15) is 6.07 Å². The topological polar surface area (TPSA) is 76.4 Å². The Morgan fingerprint density at radius 3 is 2.52 bits per heavy atom. The molecule has 0 bridgehead atoms. The van der Waals surface area contributed by atoms with E-state index in [1.807, 2.05) is 18.2 Å². The van der Waals surface area contributed by atoms with Crippen LogP contribution in [0.5, 0.6) is 0 Å². The van der Waals surface area contributed by atoms with Gasteiger partial charge in [-0.3, -0.25) is 9.69 Å². The summed E-state index contributed by atoms with van der Waals surface area (Å²) in [5.74, 6) is -0.105. The van der Waals surface area contributed by atoms with Crippen molar-refractivity contribution in [3.8, 4) is 6.07 Å². The van der Waals surface area contributed by atoms with Crippen molar-refractivity contribution in [2.24, 2.45) is 0 Å². The van der Waals surface area contributed by atoms with Crippen molar-refractivity contribution in [2.45, 2.75) is 19.4 Å². The fraction of sp³-hybridized carbons (Fsp3) is 0.300. The van der Waals surface area contributed by atoms with Crippen LogP contribution >= 0.6 is 0 Å². The highest BCUT2D eigenvalue weighted by Gasteiger charge is 2.09. The number of hydrogen-bond donors (Lipinski definition) is 2. The molecule has 0 aliphatic carbocycles. The molecule has 130 valence electrons. The zero-order valence-electron chi connectivity index (χ0n) is 14.2. The lowest BCUT2D eigenvalue weighted by Crippen LogP contribution is -2.28. The molecule has 0 aromatic heterocycles. The number of aliphatic hydroxyl groups is 1. The minimum absolute atomic E-state index is 0.0918. The van der Waals surface area contributed by atoms with Gasteiger partial charge in [-0.1, -0.05) is 42.5 Å². The summed E-state index contributed by atoms with van der Waals surface area (Å²) in [6.07, 6.45) is 1.06. The maximum Gasteiger partial charge on any atom is 0.224 e. The van der Waals surface area contributed by atoms with Crippen molar-refractivity contribution in [3.63, 3.8) is 0 Å². The zero-order valence-corrected chi connectivity index (χ0v) is 14.2. The SMILES string of the molecule is N#Cc1ccccc1NC(=O)CCCN(CCO)Cc1ccccc1. The highest BCUT2D eigenvalue weighted by molar-refractivity contribution is 5.92. The molecular weight excluding hydrogens is 314 g/mol. The van der Waals surface area contributed by atoms with Crippen LogP contribution in [0.15, 0.2) is 54.6 Å². The molecule has 0 aliphatic heterocycles. The van der Waals surface area contributed by atoms with Crippen molar-refractivity contribution in [3.05, 3.63) is 65.7 Å². The van der Waals surface area contributed by atoms with Gasteiger partial charge in [-0.05, 0) is 30.7 Å². The molecule has 2 rings (SSSR count). The largest absolute Gasteiger partial charge is 0.395 e. The van der Waals surface area contributed by atoms with Gasteiger partial charge < -0.3 is 10.4 Å². The van der Waals surface area contributed by atoms with Crippen LogP contribution in [0.3, 0.4) is 0 Å². The minimum Gasteiger partial charge on any atom is -0.395 e. The Bertz CT molecular complexity index is 710. The number of anilines is 1. The zero-order chi connectivity index (χ0) is 17.9. The van der Waals surface area contributed by atoms with Crippen LogP contribution in [0.2, 0.25) is 0 Å². The van der Waals surface area contributed by atoms with Crippen molar-refractivity contribution in [1.82, 2.24) is 4.90 Å². The average Bonchev–Trinajstić information content (AvgIpc) is 2.63. The molecule has 0 unspecified atom stereocenters. The van der Waals surface area contributed by atoms with E-state index in [9.17, 15) is 9.90 Å². The highest BCUT2D eigenvalue weighted by atomic mass is 16.3. The van der Waals surface area contributed by atoms with Gasteiger partial charge >= 0.3 is 0 Å². The Labute approximate surface area is 148 Å². The van der Waals surface area contributed by atoms with Gasteiger partial charge in [-0.15, -0.1) is 0 Å². The van der Waals surface area contributed by atoms with Crippen molar-refractivity contribution in [2.75, 3.05) is 25.0 Å². The third kappa shape index (κ3) is 6.38. The molecule has 2 N–H and O–H groups in total. The van der Waals surface area contributed by atoms with E-state index in [1.165, 1.54) is 5.56 Å². The number of carbonyl (C=O) groups excluding carboxylic acids is 1. The van der Waals surface area contributed by atoms with Gasteiger partial charge in [0.25, 0.3) is 0 Å². The van der Waals surface area contributed by atoms with Crippen LogP contribution in [0.25, 0.3) is 0 Å². The molecule has 0 heterocycles. The molecule has 2 aromatic rings. The summed E-state index contributed by atoms with van der Waals surface area (Å²) in [6.45, 7) is 2.14. The first-order valence-electron chi connectivity index (χ1n) is 8.39. The van der Waals surface area contributed by atoms with E-state index in [2.05, 4.69) is 28.4 Å². The van der Waals surface area contributed by atoms with E-state index < -0.39 is 0 Å². The van der Waals surface area contributed by atoms with Gasteiger partial charge in [-0.25, -0.2) is 0 Å². The van der Waals surface area contributed by atoms with E-state index in [4.69, 9.17) is 5.26 Å². The lowest BCUT2D eigenvalue weighted by atomic mass is 10.2. The number of amides is 1. The fourth-order valence-corrected chi connectivity index (χ4v) is 2.62. The quantitative estimate of drug-likeness (QED) is 0.738. The Morgan fingerprint density at radius 2 is 1.80 bits per heavy atom. The van der Waals surface area contributed by atoms with Crippen molar-refractivity contribution < 1.29 is 9.90 Å². The van der Waals surface area contributed by atoms with Gasteiger partial charge in [0, 0.05) is 19.5 Å². The molecule has 0 saturated carbocycles. The Balaban J connectivity index is 1.81. The highest BCUT2D eigenvalue weighted by Crippen LogP contribution is 2.14. The van der Waals surface area contributed by atoms with Crippen molar-refractivity contribution in [1.29, 1.82) is 5.26 Å². The van der Waals surface area contributed by atoms with Crippen molar-refractivity contribution >= 4 is 11.6 Å². The van der Waals surface area contributed by atoms with Gasteiger partial charge in [0.2, 0.25) is 5.91 Å². The second-order valence-corrected chi connectivity index (χ2v) is 5.79. The number of nitriles is 1. The lowest BCUT2D eigenvalue weighted by molar-refractivity contribution is -0.116. The lowest BCUT2D eigenvalue weighted by Gasteiger charge is -2.21. The molecule has 0 spiro atoms. The molecule has 0 saturated heterocycles. The summed E-state index contributed by atoms with van der Waals surface area (Å²) in [5, 5.41) is 21.1.